The number of nitrogens with zero attached hydrogens (tertiary/aromatic N) is 1. The molecular weight excluding hydrogens is 220 g/mol. The maximum Gasteiger partial charge on any atom is 0.246 e. The van der Waals surface area contributed by atoms with Crippen LogP contribution >= 0.6 is 0 Å². The van der Waals surface area contributed by atoms with E-state index in [0.717, 1.165) is 32.1 Å². The molecule has 0 bridgehead atoms. The molecule has 5 heteroatoms. The highest BCUT2D eigenvalue weighted by molar-refractivity contribution is 5.98. The normalized spacial score (nSPS) is 32.2. The van der Waals surface area contributed by atoms with Gasteiger partial charge in [0.2, 0.25) is 11.8 Å². The summed E-state index contributed by atoms with van der Waals surface area (Å²) in [6, 6.07) is 0.103. The Morgan fingerprint density at radius 1 is 1.29 bits per heavy atom. The Morgan fingerprint density at radius 2 is 2.06 bits per heavy atom. The molecule has 2 aliphatic heterocycles. The molecule has 3 aliphatic rings. The Labute approximate surface area is 100 Å². The molecule has 1 aliphatic carbocycles. The van der Waals surface area contributed by atoms with Gasteiger partial charge < -0.3 is 15.0 Å². The molecule has 1 unspecified atom stereocenters. The van der Waals surface area contributed by atoms with Crippen LogP contribution in [0.25, 0.3) is 0 Å². The van der Waals surface area contributed by atoms with Gasteiger partial charge in [-0.2, -0.15) is 0 Å². The van der Waals surface area contributed by atoms with Crippen LogP contribution in [0.3, 0.4) is 0 Å². The van der Waals surface area contributed by atoms with Gasteiger partial charge >= 0.3 is 0 Å². The number of hydrogen-bond donors (Lipinski definition) is 1. The molecule has 1 saturated carbocycles. The van der Waals surface area contributed by atoms with E-state index in [-0.39, 0.29) is 24.4 Å². The maximum atomic E-state index is 12.2. The maximum absolute atomic E-state index is 12.2. The number of carbonyl (C=O) groups is 2. The first kappa shape index (κ1) is 11.0. The number of nitrogens with one attached hydrogen (secondary N) is 1. The van der Waals surface area contributed by atoms with Gasteiger partial charge in [0.15, 0.2) is 0 Å². The van der Waals surface area contributed by atoms with E-state index in [2.05, 4.69) is 5.32 Å². The number of carbonyl (C=O) groups excluding carboxylic acids is 2. The zero-order valence-electron chi connectivity index (χ0n) is 9.91. The van der Waals surface area contributed by atoms with Crippen molar-refractivity contribution in [1.82, 2.24) is 10.2 Å². The molecule has 2 heterocycles. The summed E-state index contributed by atoms with van der Waals surface area (Å²) in [5.41, 5.74) is -0.562. The highest BCUT2D eigenvalue weighted by atomic mass is 16.5. The Kier molecular flexibility index (Phi) is 2.58. The molecular formula is C12H18N2O3. The third kappa shape index (κ3) is 1.56. The first-order valence-electron chi connectivity index (χ1n) is 6.42. The highest BCUT2D eigenvalue weighted by Gasteiger charge is 2.53. The standard InChI is InChI=1S/C12H18N2O3/c15-10-7-13-11(16)12(4-1-2-5-12)14(10)9-3-6-17-8-9/h9H,1-8H2,(H,13,16). The second kappa shape index (κ2) is 3.98. The van der Waals surface area contributed by atoms with Crippen molar-refractivity contribution in [3.8, 4) is 0 Å². The van der Waals surface area contributed by atoms with Gasteiger partial charge in [0.1, 0.15) is 5.54 Å². The van der Waals surface area contributed by atoms with Gasteiger partial charge in [0.05, 0.1) is 19.2 Å². The molecule has 0 aromatic rings. The lowest BCUT2D eigenvalue weighted by molar-refractivity contribution is -0.157. The van der Waals surface area contributed by atoms with E-state index in [1.54, 1.807) is 0 Å². The summed E-state index contributed by atoms with van der Waals surface area (Å²) in [4.78, 5) is 26.2. The van der Waals surface area contributed by atoms with Crippen LogP contribution in [0.4, 0.5) is 0 Å². The van der Waals surface area contributed by atoms with Gasteiger partial charge in [-0.1, -0.05) is 12.8 Å². The predicted octanol–water partition coefficient (Wildman–Crippen LogP) is 0.0465. The lowest BCUT2D eigenvalue weighted by Crippen LogP contribution is -2.68. The Balaban J connectivity index is 1.94. The third-order valence-corrected chi connectivity index (χ3v) is 4.25. The largest absolute Gasteiger partial charge is 0.379 e. The highest BCUT2D eigenvalue weighted by Crippen LogP contribution is 2.39. The molecule has 5 nitrogen and oxygen atoms in total. The van der Waals surface area contributed by atoms with E-state index in [1.807, 2.05) is 4.90 Å². The molecule has 3 fully saturated rings. The minimum Gasteiger partial charge on any atom is -0.379 e. The quantitative estimate of drug-likeness (QED) is 0.702. The van der Waals surface area contributed by atoms with Crippen LogP contribution in [0.15, 0.2) is 0 Å². The van der Waals surface area contributed by atoms with E-state index in [9.17, 15) is 9.59 Å². The minimum atomic E-state index is -0.562. The Bertz CT molecular complexity index is 344. The van der Waals surface area contributed by atoms with E-state index < -0.39 is 5.54 Å². The van der Waals surface area contributed by atoms with Crippen LogP contribution in [0.5, 0.6) is 0 Å². The van der Waals surface area contributed by atoms with Crippen molar-refractivity contribution in [3.63, 3.8) is 0 Å². The van der Waals surface area contributed by atoms with Gasteiger partial charge in [0, 0.05) is 6.61 Å². The molecule has 1 atom stereocenters. The first-order valence-corrected chi connectivity index (χ1v) is 6.42. The van der Waals surface area contributed by atoms with Crippen LogP contribution in [0.1, 0.15) is 32.1 Å². The van der Waals surface area contributed by atoms with Crippen molar-refractivity contribution in [1.29, 1.82) is 0 Å². The SMILES string of the molecule is O=C1CNC(=O)C2(CCCC2)N1C1CCOC1. The van der Waals surface area contributed by atoms with Gasteiger partial charge in [-0.05, 0) is 19.3 Å². The third-order valence-electron chi connectivity index (χ3n) is 4.25. The number of hydrogen-bond acceptors (Lipinski definition) is 3. The second-order valence-electron chi connectivity index (χ2n) is 5.20. The monoisotopic (exact) mass is 238 g/mol. The van der Waals surface area contributed by atoms with Gasteiger partial charge in [-0.15, -0.1) is 0 Å². The van der Waals surface area contributed by atoms with Crippen molar-refractivity contribution >= 4 is 11.8 Å². The van der Waals surface area contributed by atoms with E-state index in [1.165, 1.54) is 0 Å². The summed E-state index contributed by atoms with van der Waals surface area (Å²) in [5.74, 6) is 0.100. The Hall–Kier alpha value is -1.10. The number of piperazine rings is 1. The van der Waals surface area contributed by atoms with Crippen LogP contribution in [0.2, 0.25) is 0 Å². The van der Waals surface area contributed by atoms with Gasteiger partial charge in [-0.3, -0.25) is 9.59 Å². The van der Waals surface area contributed by atoms with Crippen molar-refractivity contribution in [2.45, 2.75) is 43.7 Å². The van der Waals surface area contributed by atoms with Gasteiger partial charge in [0.25, 0.3) is 0 Å². The molecule has 2 saturated heterocycles. The fourth-order valence-electron chi connectivity index (χ4n) is 3.46. The van der Waals surface area contributed by atoms with Crippen molar-refractivity contribution < 1.29 is 14.3 Å². The molecule has 0 aromatic carbocycles. The summed E-state index contributed by atoms with van der Waals surface area (Å²) in [6.45, 7) is 1.43. The molecule has 3 rings (SSSR count). The molecule has 2 amide bonds. The molecule has 17 heavy (non-hydrogen) atoms. The zero-order chi connectivity index (χ0) is 11.9. The topological polar surface area (TPSA) is 58.6 Å². The summed E-state index contributed by atoms with van der Waals surface area (Å²) in [7, 11) is 0. The summed E-state index contributed by atoms with van der Waals surface area (Å²) >= 11 is 0. The summed E-state index contributed by atoms with van der Waals surface area (Å²) < 4.78 is 5.37. The van der Waals surface area contributed by atoms with E-state index >= 15 is 0 Å². The van der Waals surface area contributed by atoms with Crippen LogP contribution < -0.4 is 5.32 Å². The zero-order valence-corrected chi connectivity index (χ0v) is 9.91. The Morgan fingerprint density at radius 3 is 2.71 bits per heavy atom. The van der Waals surface area contributed by atoms with Crippen molar-refractivity contribution in [2.24, 2.45) is 0 Å². The van der Waals surface area contributed by atoms with Gasteiger partial charge in [-0.25, -0.2) is 0 Å². The lowest BCUT2D eigenvalue weighted by atomic mass is 9.89. The average Bonchev–Trinajstić information content (AvgIpc) is 2.96. The first-order chi connectivity index (χ1) is 8.24. The lowest BCUT2D eigenvalue weighted by Gasteiger charge is -2.46. The van der Waals surface area contributed by atoms with E-state index in [0.29, 0.717) is 13.2 Å². The average molecular weight is 238 g/mol. The predicted molar refractivity (Wildman–Crippen MR) is 60.3 cm³/mol. The minimum absolute atomic E-state index is 0.0431. The summed E-state index contributed by atoms with van der Waals surface area (Å²) in [5, 5.41) is 2.75. The number of ether oxygens (including phenoxy) is 1. The van der Waals surface area contributed by atoms with Crippen molar-refractivity contribution in [2.75, 3.05) is 19.8 Å². The number of rotatable bonds is 1. The summed E-state index contributed by atoms with van der Waals surface area (Å²) in [6.07, 6.45) is 4.54. The number of amides is 2. The van der Waals surface area contributed by atoms with E-state index in [4.69, 9.17) is 4.74 Å². The smallest absolute Gasteiger partial charge is 0.246 e. The molecule has 1 spiro atoms. The fraction of sp³-hybridized carbons (Fsp3) is 0.833. The molecule has 94 valence electrons. The van der Waals surface area contributed by atoms with Crippen LogP contribution in [0, 0.1) is 0 Å². The van der Waals surface area contributed by atoms with Crippen LogP contribution in [-0.4, -0.2) is 48.1 Å². The molecule has 0 radical (unpaired) electrons. The van der Waals surface area contributed by atoms with Crippen molar-refractivity contribution in [3.05, 3.63) is 0 Å². The molecule has 1 N–H and O–H groups in total. The second-order valence-corrected chi connectivity index (χ2v) is 5.20. The fourth-order valence-corrected chi connectivity index (χ4v) is 3.46. The molecule has 0 aromatic heterocycles. The van der Waals surface area contributed by atoms with Crippen LogP contribution in [-0.2, 0) is 14.3 Å².